The number of allylic oxidation sites excluding steroid dienone is 1. The first-order valence-electron chi connectivity index (χ1n) is 8.43. The summed E-state index contributed by atoms with van der Waals surface area (Å²) in [5.74, 6) is 0.642. The monoisotopic (exact) mass is 310 g/mol. The van der Waals surface area contributed by atoms with Gasteiger partial charge in [-0.25, -0.2) is 4.98 Å². The van der Waals surface area contributed by atoms with Crippen molar-refractivity contribution >= 4 is 22.8 Å². The molecule has 1 saturated carbocycles. The lowest BCUT2D eigenvalue weighted by Crippen LogP contribution is -2.69. The fourth-order valence-corrected chi connectivity index (χ4v) is 3.86. The van der Waals surface area contributed by atoms with Crippen molar-refractivity contribution in [3.63, 3.8) is 0 Å². The van der Waals surface area contributed by atoms with Crippen LogP contribution in [-0.2, 0) is 0 Å². The Labute approximate surface area is 136 Å². The lowest BCUT2D eigenvalue weighted by atomic mass is 9.81. The molecule has 5 nitrogen and oxygen atoms in total. The van der Waals surface area contributed by atoms with Gasteiger partial charge in [0.2, 0.25) is 0 Å². The molecule has 3 heterocycles. The van der Waals surface area contributed by atoms with Gasteiger partial charge in [0.1, 0.15) is 11.8 Å². The normalized spacial score (nSPS) is 24.6. The van der Waals surface area contributed by atoms with E-state index in [0.717, 1.165) is 17.3 Å². The van der Waals surface area contributed by atoms with Crippen LogP contribution in [0.15, 0.2) is 29.8 Å². The van der Waals surface area contributed by atoms with Crippen LogP contribution in [0, 0.1) is 0 Å². The Balaban J connectivity index is 1.61. The smallest absolute Gasteiger partial charge is 0.137 e. The lowest BCUT2D eigenvalue weighted by Gasteiger charge is -2.32. The fraction of sp³-hybridized carbons (Fsp3) is 0.444. The molecule has 0 unspecified atom stereocenters. The second-order valence-corrected chi connectivity index (χ2v) is 6.89. The number of aromatic nitrogens is 2. The summed E-state index contributed by atoms with van der Waals surface area (Å²) in [5.41, 5.74) is 6.55. The molecule has 5 heteroatoms. The van der Waals surface area contributed by atoms with Crippen LogP contribution < -0.4 is 5.43 Å². The molecule has 0 radical (unpaired) electrons. The van der Waals surface area contributed by atoms with E-state index in [0.29, 0.717) is 5.92 Å². The molecule has 0 saturated heterocycles. The molecular weight excluding hydrogens is 286 g/mol. The van der Waals surface area contributed by atoms with Crippen molar-refractivity contribution in [3.05, 3.63) is 35.8 Å². The Morgan fingerprint density at radius 1 is 1.22 bits per heavy atom. The van der Waals surface area contributed by atoms with E-state index in [1.807, 2.05) is 17.8 Å². The van der Waals surface area contributed by atoms with Crippen LogP contribution >= 0.6 is 0 Å². The summed E-state index contributed by atoms with van der Waals surface area (Å²) in [6, 6.07) is 3.07. The van der Waals surface area contributed by atoms with Crippen LogP contribution in [0.1, 0.15) is 42.7 Å². The maximum absolute atomic E-state index is 4.65. The number of aromatic amines is 1. The maximum atomic E-state index is 4.65. The van der Waals surface area contributed by atoms with Gasteiger partial charge in [0.05, 0.1) is 11.8 Å². The van der Waals surface area contributed by atoms with E-state index >= 15 is 0 Å². The van der Waals surface area contributed by atoms with E-state index < -0.39 is 0 Å². The zero-order valence-corrected chi connectivity index (χ0v) is 13.8. The van der Waals surface area contributed by atoms with E-state index in [1.165, 1.54) is 42.2 Å². The average molecular weight is 310 g/mol. The summed E-state index contributed by atoms with van der Waals surface area (Å²) in [5, 5.41) is 5.40. The van der Waals surface area contributed by atoms with Crippen molar-refractivity contribution in [1.29, 1.82) is 0 Å². The highest BCUT2D eigenvalue weighted by molar-refractivity contribution is 6.14. The zero-order valence-electron chi connectivity index (χ0n) is 13.8. The third kappa shape index (κ3) is 2.71. The molecule has 0 amide bonds. The van der Waals surface area contributed by atoms with E-state index in [1.54, 1.807) is 0 Å². The molecule has 0 bridgehead atoms. The quantitative estimate of drug-likeness (QED) is 0.853. The van der Waals surface area contributed by atoms with Crippen LogP contribution in [0.4, 0.5) is 0 Å². The number of hydrogen-bond acceptors (Lipinski definition) is 3. The molecule has 1 aliphatic heterocycles. The van der Waals surface area contributed by atoms with Crippen molar-refractivity contribution < 1.29 is 5.43 Å². The molecule has 120 valence electrons. The molecular formula is C18H24N5+. The van der Waals surface area contributed by atoms with Crippen LogP contribution in [0.5, 0.6) is 0 Å². The summed E-state index contributed by atoms with van der Waals surface area (Å²) < 4.78 is 0. The predicted octanol–water partition coefficient (Wildman–Crippen LogP) is 2.05. The molecule has 0 atom stereocenters. The minimum absolute atomic E-state index is 0.642. The third-order valence-corrected chi connectivity index (χ3v) is 5.32. The Kier molecular flexibility index (Phi) is 3.75. The van der Waals surface area contributed by atoms with Gasteiger partial charge in [-0.05, 0) is 57.3 Å². The van der Waals surface area contributed by atoms with Crippen LogP contribution in [0.3, 0.4) is 0 Å². The van der Waals surface area contributed by atoms with Gasteiger partial charge in [-0.1, -0.05) is 5.10 Å². The van der Waals surface area contributed by atoms with Gasteiger partial charge in [-0.2, -0.15) is 5.43 Å². The first-order chi connectivity index (χ1) is 11.2. The Bertz CT molecular complexity index is 763. The summed E-state index contributed by atoms with van der Waals surface area (Å²) in [6.07, 6.45) is 13.1. The average Bonchev–Trinajstić information content (AvgIpc) is 3.23. The molecule has 2 aromatic heterocycles. The van der Waals surface area contributed by atoms with Gasteiger partial charge < -0.3 is 9.88 Å². The van der Waals surface area contributed by atoms with E-state index in [-0.39, 0.29) is 0 Å². The lowest BCUT2D eigenvalue weighted by molar-refractivity contribution is -0.589. The fourth-order valence-electron chi connectivity index (χ4n) is 3.86. The second kappa shape index (κ2) is 5.91. The van der Waals surface area contributed by atoms with Gasteiger partial charge in [-0.3, -0.25) is 0 Å². The number of nitrogens with zero attached hydrogens (tertiary/aromatic N) is 3. The molecule has 3 N–H and O–H groups in total. The topological polar surface area (TPSA) is 60.9 Å². The van der Waals surface area contributed by atoms with E-state index in [2.05, 4.69) is 52.5 Å². The van der Waals surface area contributed by atoms with Gasteiger partial charge in [0, 0.05) is 29.4 Å². The molecule has 0 spiro atoms. The molecule has 2 aliphatic rings. The molecule has 1 fully saturated rings. The Hall–Kier alpha value is -1.98. The highest BCUT2D eigenvalue weighted by Gasteiger charge is 2.24. The minimum Gasteiger partial charge on any atom is -0.346 e. The third-order valence-electron chi connectivity index (χ3n) is 5.32. The summed E-state index contributed by atoms with van der Waals surface area (Å²) in [4.78, 5) is 10.3. The summed E-state index contributed by atoms with van der Waals surface area (Å²) in [6.45, 7) is 0. The molecule has 23 heavy (non-hydrogen) atoms. The zero-order chi connectivity index (χ0) is 15.8. The molecule has 2 aromatic rings. The number of nitrogens with one attached hydrogen (secondary N) is 1. The van der Waals surface area contributed by atoms with Crippen molar-refractivity contribution in [2.75, 3.05) is 14.1 Å². The van der Waals surface area contributed by atoms with Crippen LogP contribution in [0.25, 0.3) is 16.6 Å². The molecule has 1 aliphatic carbocycles. The van der Waals surface area contributed by atoms with Crippen LogP contribution in [0.2, 0.25) is 0 Å². The SMILES string of the molecule is CN(C)C1CCC(c2cnc3[nH]cc(C4=C[NH2+]N=C4)c3c2)CC1. The number of rotatable bonds is 3. The van der Waals surface area contributed by atoms with Gasteiger partial charge in [0.15, 0.2) is 0 Å². The van der Waals surface area contributed by atoms with Crippen LogP contribution in [-0.4, -0.2) is 41.2 Å². The number of nitrogens with two attached hydrogens (primary N) is 1. The first kappa shape index (κ1) is 14.6. The van der Waals surface area contributed by atoms with E-state index in [4.69, 9.17) is 0 Å². The van der Waals surface area contributed by atoms with Gasteiger partial charge in [-0.15, -0.1) is 0 Å². The standard InChI is InChI=1S/C18H23N5/c1-23(2)15-5-3-12(4-6-15)13-7-16-17(14-9-21-22-10-14)11-20-18(16)19-8-13/h7-12,15H,3-6H2,1-2H3,(H,19,20)(H,21,22)/p+1. The second-order valence-electron chi connectivity index (χ2n) is 6.89. The number of fused-ring (bicyclic) bond motifs is 1. The molecule has 4 rings (SSSR count). The first-order valence-corrected chi connectivity index (χ1v) is 8.43. The van der Waals surface area contributed by atoms with Crippen molar-refractivity contribution in [2.24, 2.45) is 5.10 Å². The highest BCUT2D eigenvalue weighted by Crippen LogP contribution is 2.35. The predicted molar refractivity (Wildman–Crippen MR) is 93.2 cm³/mol. The highest BCUT2D eigenvalue weighted by atomic mass is 15.3. The Morgan fingerprint density at radius 3 is 2.74 bits per heavy atom. The largest absolute Gasteiger partial charge is 0.346 e. The number of pyridine rings is 1. The Morgan fingerprint density at radius 2 is 2.04 bits per heavy atom. The van der Waals surface area contributed by atoms with Gasteiger partial charge >= 0.3 is 0 Å². The van der Waals surface area contributed by atoms with Crippen molar-refractivity contribution in [1.82, 2.24) is 14.9 Å². The molecule has 0 aromatic carbocycles. The number of quaternary nitrogens is 1. The maximum Gasteiger partial charge on any atom is 0.137 e. The van der Waals surface area contributed by atoms with E-state index in [9.17, 15) is 0 Å². The van der Waals surface area contributed by atoms with Gasteiger partial charge in [0.25, 0.3) is 0 Å². The minimum atomic E-state index is 0.642. The van der Waals surface area contributed by atoms with Crippen molar-refractivity contribution in [3.8, 4) is 0 Å². The summed E-state index contributed by atoms with van der Waals surface area (Å²) in [7, 11) is 4.39. The van der Waals surface area contributed by atoms with Crippen molar-refractivity contribution in [2.45, 2.75) is 37.6 Å². The summed E-state index contributed by atoms with van der Waals surface area (Å²) >= 11 is 0. The number of hydrogen-bond donors (Lipinski definition) is 2. The number of H-pyrrole nitrogens is 1.